The van der Waals surface area contributed by atoms with Crippen LogP contribution in [0.1, 0.15) is 71.6 Å². The predicted octanol–water partition coefficient (Wildman–Crippen LogP) is 3.89. The van der Waals surface area contributed by atoms with E-state index in [1.54, 1.807) is 0 Å². The highest BCUT2D eigenvalue weighted by atomic mass is 16.5. The molecule has 1 atom stereocenters. The zero-order valence-electron chi connectivity index (χ0n) is 11.8. The second-order valence-corrected chi connectivity index (χ2v) is 5.33. The Kier molecular flexibility index (Phi) is 8.72. The van der Waals surface area contributed by atoms with Gasteiger partial charge in [0.15, 0.2) is 0 Å². The molecule has 0 heterocycles. The van der Waals surface area contributed by atoms with Crippen molar-refractivity contribution in [2.45, 2.75) is 83.8 Å². The molecule has 0 bridgehead atoms. The summed E-state index contributed by atoms with van der Waals surface area (Å²) in [5.74, 6) is 0. The Labute approximate surface area is 108 Å². The van der Waals surface area contributed by atoms with E-state index in [-0.39, 0.29) is 0 Å². The molecule has 0 aliphatic heterocycles. The van der Waals surface area contributed by atoms with Crippen molar-refractivity contribution in [3.8, 4) is 0 Å². The van der Waals surface area contributed by atoms with Crippen molar-refractivity contribution in [1.29, 1.82) is 0 Å². The second kappa shape index (κ2) is 9.90. The molecule has 0 aromatic carbocycles. The van der Waals surface area contributed by atoms with Crippen LogP contribution in [-0.4, -0.2) is 25.3 Å². The van der Waals surface area contributed by atoms with Crippen LogP contribution in [0.2, 0.25) is 0 Å². The summed E-state index contributed by atoms with van der Waals surface area (Å²) < 4.78 is 5.92. The Balaban J connectivity index is 1.97. The summed E-state index contributed by atoms with van der Waals surface area (Å²) in [7, 11) is 0. The van der Waals surface area contributed by atoms with Crippen molar-refractivity contribution in [2.24, 2.45) is 0 Å². The first-order valence-corrected chi connectivity index (χ1v) is 7.71. The molecule has 1 aliphatic carbocycles. The highest BCUT2D eigenvalue weighted by molar-refractivity contribution is 4.67. The monoisotopic (exact) mass is 241 g/mol. The van der Waals surface area contributed by atoms with Gasteiger partial charge in [-0.25, -0.2) is 0 Å². The molecule has 1 N–H and O–H groups in total. The summed E-state index contributed by atoms with van der Waals surface area (Å²) in [6, 6.07) is 0.699. The quantitative estimate of drug-likeness (QED) is 0.618. The normalized spacial score (nSPS) is 19.4. The number of unbranched alkanes of at least 4 members (excludes halogenated alkanes) is 1. The second-order valence-electron chi connectivity index (χ2n) is 5.33. The van der Waals surface area contributed by atoms with Gasteiger partial charge in [0.05, 0.1) is 12.7 Å². The van der Waals surface area contributed by atoms with Crippen LogP contribution >= 0.6 is 0 Å². The minimum absolute atomic E-state index is 0.557. The van der Waals surface area contributed by atoms with Gasteiger partial charge in [-0.15, -0.1) is 0 Å². The molecular weight excluding hydrogens is 210 g/mol. The van der Waals surface area contributed by atoms with Gasteiger partial charge in [-0.3, -0.25) is 0 Å². The standard InChI is InChI=1S/C15H31NO/c1-3-5-9-14(4-2)16-12-13-17-15-10-7-6-8-11-15/h14-16H,3-13H2,1-2H3. The van der Waals surface area contributed by atoms with E-state index in [4.69, 9.17) is 4.74 Å². The topological polar surface area (TPSA) is 21.3 Å². The van der Waals surface area contributed by atoms with Crippen LogP contribution in [0.4, 0.5) is 0 Å². The maximum atomic E-state index is 5.92. The lowest BCUT2D eigenvalue weighted by molar-refractivity contribution is 0.0292. The molecule has 0 amide bonds. The number of ether oxygens (including phenoxy) is 1. The van der Waals surface area contributed by atoms with E-state index in [1.165, 1.54) is 57.8 Å². The number of hydrogen-bond donors (Lipinski definition) is 1. The van der Waals surface area contributed by atoms with Crippen molar-refractivity contribution in [3.63, 3.8) is 0 Å². The lowest BCUT2D eigenvalue weighted by Gasteiger charge is -2.23. The SMILES string of the molecule is CCCCC(CC)NCCOC1CCCCC1. The molecule has 2 heteroatoms. The van der Waals surface area contributed by atoms with Crippen LogP contribution in [0, 0.1) is 0 Å². The Morgan fingerprint density at radius 1 is 1.18 bits per heavy atom. The molecule has 0 spiro atoms. The van der Waals surface area contributed by atoms with Crippen LogP contribution < -0.4 is 5.32 Å². The minimum Gasteiger partial charge on any atom is -0.377 e. The Hall–Kier alpha value is -0.0800. The molecule has 1 rings (SSSR count). The van der Waals surface area contributed by atoms with Crippen LogP contribution in [0.5, 0.6) is 0 Å². The predicted molar refractivity (Wildman–Crippen MR) is 74.4 cm³/mol. The summed E-state index contributed by atoms with van der Waals surface area (Å²) >= 11 is 0. The van der Waals surface area contributed by atoms with Crippen molar-refractivity contribution in [2.75, 3.05) is 13.2 Å². The van der Waals surface area contributed by atoms with Crippen molar-refractivity contribution in [3.05, 3.63) is 0 Å². The van der Waals surface area contributed by atoms with E-state index in [1.807, 2.05) is 0 Å². The van der Waals surface area contributed by atoms with Gasteiger partial charge in [0.2, 0.25) is 0 Å². The highest BCUT2D eigenvalue weighted by Crippen LogP contribution is 2.19. The average molecular weight is 241 g/mol. The molecule has 0 radical (unpaired) electrons. The summed E-state index contributed by atoms with van der Waals surface area (Å²) in [6.45, 7) is 6.46. The Bertz CT molecular complexity index is 166. The molecule has 1 aliphatic rings. The van der Waals surface area contributed by atoms with Gasteiger partial charge in [-0.05, 0) is 25.7 Å². The van der Waals surface area contributed by atoms with E-state index in [0.717, 1.165) is 13.2 Å². The van der Waals surface area contributed by atoms with Crippen molar-refractivity contribution in [1.82, 2.24) is 5.32 Å². The molecule has 0 aromatic rings. The Morgan fingerprint density at radius 3 is 2.59 bits per heavy atom. The maximum absolute atomic E-state index is 5.92. The fraction of sp³-hybridized carbons (Fsp3) is 1.00. The van der Waals surface area contributed by atoms with E-state index in [9.17, 15) is 0 Å². The number of nitrogens with one attached hydrogen (secondary N) is 1. The fourth-order valence-electron chi connectivity index (χ4n) is 2.62. The van der Waals surface area contributed by atoms with Gasteiger partial charge >= 0.3 is 0 Å². The lowest BCUT2D eigenvalue weighted by atomic mass is 9.98. The highest BCUT2D eigenvalue weighted by Gasteiger charge is 2.13. The van der Waals surface area contributed by atoms with Crippen LogP contribution in [-0.2, 0) is 4.74 Å². The summed E-state index contributed by atoms with van der Waals surface area (Å²) in [5.41, 5.74) is 0. The van der Waals surface area contributed by atoms with Gasteiger partial charge in [0.1, 0.15) is 0 Å². The average Bonchev–Trinajstić information content (AvgIpc) is 2.39. The molecule has 1 saturated carbocycles. The third-order valence-corrected chi connectivity index (χ3v) is 3.84. The third kappa shape index (κ3) is 7.05. The zero-order chi connectivity index (χ0) is 12.3. The zero-order valence-corrected chi connectivity index (χ0v) is 11.8. The molecule has 1 unspecified atom stereocenters. The van der Waals surface area contributed by atoms with E-state index in [0.29, 0.717) is 12.1 Å². The minimum atomic E-state index is 0.557. The number of hydrogen-bond acceptors (Lipinski definition) is 2. The molecule has 102 valence electrons. The maximum Gasteiger partial charge on any atom is 0.0594 e. The van der Waals surface area contributed by atoms with Crippen molar-refractivity contribution >= 4 is 0 Å². The largest absolute Gasteiger partial charge is 0.377 e. The molecule has 0 aromatic heterocycles. The fourth-order valence-corrected chi connectivity index (χ4v) is 2.62. The third-order valence-electron chi connectivity index (χ3n) is 3.84. The van der Waals surface area contributed by atoms with Gasteiger partial charge in [-0.2, -0.15) is 0 Å². The van der Waals surface area contributed by atoms with Gasteiger partial charge < -0.3 is 10.1 Å². The first-order chi connectivity index (χ1) is 8.36. The lowest BCUT2D eigenvalue weighted by Crippen LogP contribution is -2.32. The smallest absolute Gasteiger partial charge is 0.0594 e. The van der Waals surface area contributed by atoms with Crippen LogP contribution in [0.15, 0.2) is 0 Å². The summed E-state index contributed by atoms with van der Waals surface area (Å²) in [6.07, 6.45) is 12.5. The van der Waals surface area contributed by atoms with E-state index in [2.05, 4.69) is 19.2 Å². The molecule has 2 nitrogen and oxygen atoms in total. The first-order valence-electron chi connectivity index (χ1n) is 7.71. The molecule has 17 heavy (non-hydrogen) atoms. The number of rotatable bonds is 9. The first kappa shape index (κ1) is 15.0. The summed E-state index contributed by atoms with van der Waals surface area (Å²) in [5, 5.41) is 3.62. The molecule has 1 fully saturated rings. The van der Waals surface area contributed by atoms with Crippen LogP contribution in [0.25, 0.3) is 0 Å². The van der Waals surface area contributed by atoms with Crippen LogP contribution in [0.3, 0.4) is 0 Å². The van der Waals surface area contributed by atoms with E-state index < -0.39 is 0 Å². The van der Waals surface area contributed by atoms with Gasteiger partial charge in [0.25, 0.3) is 0 Å². The summed E-state index contributed by atoms with van der Waals surface area (Å²) in [4.78, 5) is 0. The Morgan fingerprint density at radius 2 is 1.94 bits per heavy atom. The van der Waals surface area contributed by atoms with E-state index >= 15 is 0 Å². The van der Waals surface area contributed by atoms with Gasteiger partial charge in [0, 0.05) is 12.6 Å². The molecule has 0 saturated heterocycles. The van der Waals surface area contributed by atoms with Gasteiger partial charge in [-0.1, -0.05) is 46.0 Å². The van der Waals surface area contributed by atoms with Crippen molar-refractivity contribution < 1.29 is 4.74 Å². The molecular formula is C15H31NO.